The minimum absolute atomic E-state index is 0.160. The van der Waals surface area contributed by atoms with E-state index in [-0.39, 0.29) is 30.6 Å². The lowest BCUT2D eigenvalue weighted by Crippen LogP contribution is -2.80. The van der Waals surface area contributed by atoms with Crippen LogP contribution in [0.5, 0.6) is 0 Å². The van der Waals surface area contributed by atoms with E-state index in [1.165, 1.54) is 13.8 Å². The summed E-state index contributed by atoms with van der Waals surface area (Å²) in [4.78, 5) is 83.7. The Bertz CT molecular complexity index is 2090. The first-order chi connectivity index (χ1) is 28.4. The summed E-state index contributed by atoms with van der Waals surface area (Å²) in [5.74, 6) is -6.45. The van der Waals surface area contributed by atoms with Gasteiger partial charge in [-0.3, -0.25) is 19.2 Å². The van der Waals surface area contributed by atoms with E-state index in [0.29, 0.717) is 11.1 Å². The zero-order chi connectivity index (χ0) is 45.0. The van der Waals surface area contributed by atoms with Crippen LogP contribution in [0.2, 0.25) is 0 Å². The summed E-state index contributed by atoms with van der Waals surface area (Å²) in [5, 5.41) is 16.6. The van der Waals surface area contributed by atoms with E-state index in [1.807, 2.05) is 6.92 Å². The van der Waals surface area contributed by atoms with E-state index in [0.717, 1.165) is 0 Å². The lowest BCUT2D eigenvalue weighted by molar-refractivity contribution is -0.340. The molecule has 3 fully saturated rings. The van der Waals surface area contributed by atoms with Crippen molar-refractivity contribution in [3.8, 4) is 0 Å². The third kappa shape index (κ3) is 7.97. The number of aliphatic hydroxyl groups is 1. The topological polar surface area (TPSA) is 190 Å². The second-order valence-corrected chi connectivity index (χ2v) is 18.9. The third-order valence-corrected chi connectivity index (χ3v) is 13.6. The molecule has 4 aliphatic rings. The Labute approximate surface area is 357 Å². The summed E-state index contributed by atoms with van der Waals surface area (Å²) >= 11 is 0. The number of esters is 4. The Balaban J connectivity index is 1.54. The molecule has 2 bridgehead atoms. The summed E-state index contributed by atoms with van der Waals surface area (Å²) in [6.07, 6.45) is -6.09. The van der Waals surface area contributed by atoms with Crippen molar-refractivity contribution in [1.82, 2.24) is 5.32 Å². The maximum atomic E-state index is 15.7. The number of benzene rings is 2. The Kier molecular flexibility index (Phi) is 12.2. The van der Waals surface area contributed by atoms with E-state index >= 15 is 4.79 Å². The minimum Gasteiger partial charge on any atom is -0.457 e. The predicted molar refractivity (Wildman–Crippen MR) is 219 cm³/mol. The molecule has 0 unspecified atom stereocenters. The van der Waals surface area contributed by atoms with Gasteiger partial charge in [0, 0.05) is 31.1 Å². The maximum absolute atomic E-state index is 15.7. The van der Waals surface area contributed by atoms with E-state index in [2.05, 4.69) is 5.32 Å². The number of alkyl carbamates (subject to hydrolysis) is 1. The van der Waals surface area contributed by atoms with Crippen LogP contribution in [0.4, 0.5) is 4.79 Å². The minimum atomic E-state index is -2.20. The van der Waals surface area contributed by atoms with Crippen molar-refractivity contribution in [3.63, 3.8) is 0 Å². The highest BCUT2D eigenvalue weighted by Gasteiger charge is 2.77. The van der Waals surface area contributed by atoms with Gasteiger partial charge in [0.25, 0.3) is 0 Å². The summed E-state index contributed by atoms with van der Waals surface area (Å²) < 4.78 is 36.7. The van der Waals surface area contributed by atoms with Crippen molar-refractivity contribution in [2.75, 3.05) is 6.61 Å². The number of hydrogen-bond acceptors (Lipinski definition) is 13. The molecule has 1 heterocycles. The van der Waals surface area contributed by atoms with Crippen molar-refractivity contribution in [3.05, 3.63) is 82.9 Å². The summed E-state index contributed by atoms with van der Waals surface area (Å²) in [6, 6.07) is 16.1. The largest absolute Gasteiger partial charge is 0.457 e. The Morgan fingerprint density at radius 1 is 0.902 bits per heavy atom. The normalized spacial score (nSPS) is 32.5. The molecule has 1 amide bonds. The van der Waals surface area contributed by atoms with Crippen molar-refractivity contribution in [1.29, 1.82) is 0 Å². The van der Waals surface area contributed by atoms with Gasteiger partial charge in [0.05, 0.1) is 30.0 Å². The quantitative estimate of drug-likeness (QED) is 0.161. The second kappa shape index (κ2) is 16.3. The number of fused-ring (bicyclic) bond motifs is 5. The van der Waals surface area contributed by atoms with Gasteiger partial charge in [0.15, 0.2) is 17.5 Å². The molecule has 2 aromatic carbocycles. The predicted octanol–water partition coefficient (Wildman–Crippen LogP) is 6.38. The third-order valence-electron chi connectivity index (χ3n) is 13.6. The Hall–Kier alpha value is -5.08. The Morgan fingerprint density at radius 3 is 2.05 bits per heavy atom. The van der Waals surface area contributed by atoms with Gasteiger partial charge in [-0.05, 0) is 75.8 Å². The van der Waals surface area contributed by atoms with Crippen LogP contribution >= 0.6 is 0 Å². The average molecular weight is 846 g/mol. The molecule has 330 valence electrons. The van der Waals surface area contributed by atoms with Gasteiger partial charge < -0.3 is 38.8 Å². The summed E-state index contributed by atoms with van der Waals surface area (Å²) in [7, 11) is 0. The first-order valence-electron chi connectivity index (χ1n) is 20.9. The Morgan fingerprint density at radius 2 is 1.51 bits per heavy atom. The number of carbonyl (C=O) groups excluding carboxylic acids is 6. The maximum Gasteiger partial charge on any atom is 0.408 e. The van der Waals surface area contributed by atoms with E-state index in [4.69, 9.17) is 28.4 Å². The molecule has 11 atom stereocenters. The van der Waals surface area contributed by atoms with Crippen LogP contribution in [0.25, 0.3) is 0 Å². The first-order valence-corrected chi connectivity index (χ1v) is 20.9. The highest BCUT2D eigenvalue weighted by molar-refractivity contribution is 5.95. The van der Waals surface area contributed by atoms with E-state index < -0.39 is 112 Å². The number of Topliss-reactive ketones (excluding diaryl/α,β-unsaturated/α-hetero) is 1. The zero-order valence-corrected chi connectivity index (χ0v) is 36.9. The van der Waals surface area contributed by atoms with Gasteiger partial charge >= 0.3 is 30.0 Å². The number of amides is 1. The van der Waals surface area contributed by atoms with Crippen LogP contribution in [0.15, 0.2) is 71.8 Å². The lowest BCUT2D eigenvalue weighted by Gasteiger charge is -2.68. The average Bonchev–Trinajstić information content (AvgIpc) is 3.17. The number of carbonyl (C=O) groups is 6. The molecule has 1 saturated heterocycles. The molecule has 0 aromatic heterocycles. The molecule has 1 aliphatic heterocycles. The van der Waals surface area contributed by atoms with Gasteiger partial charge in [-0.1, -0.05) is 76.2 Å². The number of hydrogen-bond donors (Lipinski definition) is 2. The van der Waals surface area contributed by atoms with Gasteiger partial charge in [-0.15, -0.1) is 0 Å². The molecule has 14 heteroatoms. The molecule has 0 radical (unpaired) electrons. The molecule has 2 saturated carbocycles. The number of ether oxygens (including phenoxy) is 6. The summed E-state index contributed by atoms with van der Waals surface area (Å²) in [5.41, 5.74) is -6.43. The van der Waals surface area contributed by atoms with Gasteiger partial charge in [0.2, 0.25) is 0 Å². The lowest BCUT2D eigenvalue weighted by atomic mass is 9.43. The fourth-order valence-electron chi connectivity index (χ4n) is 10.3. The van der Waals surface area contributed by atoms with Crippen LogP contribution in [-0.2, 0) is 47.6 Å². The molecule has 0 spiro atoms. The van der Waals surface area contributed by atoms with Crippen LogP contribution in [-0.4, -0.2) is 88.7 Å². The van der Waals surface area contributed by atoms with Crippen molar-refractivity contribution in [2.24, 2.45) is 28.6 Å². The summed E-state index contributed by atoms with van der Waals surface area (Å²) in [6.45, 7) is 17.5. The number of ketones is 1. The highest BCUT2D eigenvalue weighted by Crippen LogP contribution is 2.65. The van der Waals surface area contributed by atoms with E-state index in [1.54, 1.807) is 116 Å². The van der Waals surface area contributed by atoms with Crippen molar-refractivity contribution >= 4 is 35.8 Å². The smallest absolute Gasteiger partial charge is 0.408 e. The number of nitrogens with one attached hydrogen (secondary N) is 1. The van der Waals surface area contributed by atoms with Crippen LogP contribution in [0.3, 0.4) is 0 Å². The fraction of sp³-hybridized carbons (Fsp3) is 0.574. The highest BCUT2D eigenvalue weighted by atomic mass is 16.6. The van der Waals surface area contributed by atoms with Crippen LogP contribution < -0.4 is 5.32 Å². The molecule has 14 nitrogen and oxygen atoms in total. The first kappa shape index (κ1) is 45.4. The second-order valence-electron chi connectivity index (χ2n) is 18.9. The monoisotopic (exact) mass is 845 g/mol. The fourth-order valence-corrected chi connectivity index (χ4v) is 10.3. The molecular weight excluding hydrogens is 787 g/mol. The molecule has 2 aromatic rings. The van der Waals surface area contributed by atoms with Crippen molar-refractivity contribution in [2.45, 2.75) is 136 Å². The van der Waals surface area contributed by atoms with Crippen LogP contribution in [0.1, 0.15) is 111 Å². The zero-order valence-electron chi connectivity index (χ0n) is 36.9. The van der Waals surface area contributed by atoms with Crippen molar-refractivity contribution < 1.29 is 62.3 Å². The standard InChI is InChI=1S/C47H59NO13/c1-25-22-33-46(24-56-33,60-29(5)50)37-39(59-41(53)31-20-16-13-17-21-31)47(55)23-32(26(2)34(44(47,9)10)36(57-28(4)49)38(51)45(25,37)11)58-40(52)27(3)35(30-18-14-12-15-19-30)48-42(54)61-43(6,7)8/h12-21,25,27,32-33,35-37,39,55H,22-24H2,1-11H3,(H,48,54)/t25-,27+,32-,33+,35+,36+,37-,39-,45+,46-,47+/m0/s1. The van der Waals surface area contributed by atoms with Crippen LogP contribution in [0, 0.1) is 28.6 Å². The van der Waals surface area contributed by atoms with Gasteiger partial charge in [-0.2, -0.15) is 0 Å². The van der Waals surface area contributed by atoms with Gasteiger partial charge in [0.1, 0.15) is 29.5 Å². The number of rotatable bonds is 9. The molecule has 2 N–H and O–H groups in total. The van der Waals surface area contributed by atoms with Gasteiger partial charge in [-0.25, -0.2) is 9.59 Å². The molecule has 3 aliphatic carbocycles. The molecule has 6 rings (SSSR count). The molecular formula is C47H59NO13. The van der Waals surface area contributed by atoms with E-state index in [9.17, 15) is 29.1 Å². The SMILES string of the molecule is CC(=O)O[C@H]1C(=O)[C@@]2(C)[C@H]([C@H](OC(=O)c3ccccc3)[C@]3(O)C[C@H](OC(=O)[C@H](C)[C@@H](NC(=O)OC(C)(C)C)c4ccccc4)C(C)=C1C3(C)C)[C@]1(OC(C)=O)CO[C@@H]1C[C@@H]2C. The molecule has 61 heavy (non-hydrogen) atoms.